The summed E-state index contributed by atoms with van der Waals surface area (Å²) in [6, 6.07) is 4.62. The molecule has 0 radical (unpaired) electrons. The fourth-order valence-electron chi connectivity index (χ4n) is 2.06. The van der Waals surface area contributed by atoms with Crippen LogP contribution in [0.25, 0.3) is 10.9 Å². The predicted octanol–water partition coefficient (Wildman–Crippen LogP) is 4.17. The number of halogens is 3. The third-order valence-corrected chi connectivity index (χ3v) is 3.32. The van der Waals surface area contributed by atoms with Gasteiger partial charge in [-0.2, -0.15) is 0 Å². The summed E-state index contributed by atoms with van der Waals surface area (Å²) in [7, 11) is 0. The van der Waals surface area contributed by atoms with E-state index in [0.717, 1.165) is 25.3 Å². The van der Waals surface area contributed by atoms with Crippen LogP contribution in [-0.4, -0.2) is 11.1 Å². The molecule has 1 fully saturated rings. The average molecular weight is 286 g/mol. The minimum Gasteiger partial charge on any atom is -0.490 e. The summed E-state index contributed by atoms with van der Waals surface area (Å²) < 4.78 is 32.9. The highest BCUT2D eigenvalue weighted by atomic mass is 35.5. The van der Waals surface area contributed by atoms with Crippen molar-refractivity contribution in [1.29, 1.82) is 0 Å². The van der Waals surface area contributed by atoms with Gasteiger partial charge in [0.25, 0.3) is 0 Å². The Morgan fingerprint density at radius 1 is 1.26 bits per heavy atom. The number of fused-ring (bicyclic) bond motifs is 1. The van der Waals surface area contributed by atoms with Crippen molar-refractivity contribution in [2.75, 3.05) is 0 Å². The molecule has 5 heteroatoms. The van der Waals surface area contributed by atoms with E-state index in [1.54, 1.807) is 19.1 Å². The number of aromatic nitrogens is 1. The zero-order valence-electron chi connectivity index (χ0n) is 10.5. The smallest absolute Gasteiger partial charge is 0.185 e. The van der Waals surface area contributed by atoms with Gasteiger partial charge in [-0.3, -0.25) is 0 Å². The number of nitrogens with zero attached hydrogens (tertiary/aromatic N) is 1. The predicted molar refractivity (Wildman–Crippen MR) is 71.9 cm³/mol. The van der Waals surface area contributed by atoms with Gasteiger partial charge in [0.05, 0.1) is 6.10 Å². The van der Waals surface area contributed by atoms with Crippen molar-refractivity contribution in [2.45, 2.75) is 32.3 Å². The van der Waals surface area contributed by atoms with E-state index in [1.807, 2.05) is 0 Å². The summed E-state index contributed by atoms with van der Waals surface area (Å²) in [6.07, 6.45) is 3.20. The van der Waals surface area contributed by atoms with E-state index < -0.39 is 11.6 Å². The van der Waals surface area contributed by atoms with Crippen LogP contribution in [0.3, 0.4) is 0 Å². The van der Waals surface area contributed by atoms with Crippen LogP contribution in [0.2, 0.25) is 0 Å². The van der Waals surface area contributed by atoms with Gasteiger partial charge in [0, 0.05) is 17.1 Å². The quantitative estimate of drug-likeness (QED) is 0.826. The number of benzene rings is 1. The molecule has 0 bridgehead atoms. The van der Waals surface area contributed by atoms with Crippen LogP contribution in [-0.2, 0) is 0 Å². The van der Waals surface area contributed by atoms with Gasteiger partial charge < -0.3 is 4.74 Å². The van der Waals surface area contributed by atoms with Crippen LogP contribution in [0.15, 0.2) is 18.2 Å². The zero-order valence-corrected chi connectivity index (χ0v) is 11.3. The fourth-order valence-corrected chi connectivity index (χ4v) is 2.06. The van der Waals surface area contributed by atoms with E-state index in [-0.39, 0.29) is 24.0 Å². The zero-order chi connectivity index (χ0) is 12.7. The van der Waals surface area contributed by atoms with Gasteiger partial charge in [0.2, 0.25) is 0 Å². The van der Waals surface area contributed by atoms with E-state index in [2.05, 4.69) is 4.98 Å². The molecule has 2 aromatic rings. The standard InChI is InChI=1S/C14H13F2NO.ClH/c1-8-5-6-10-12(18-9-3-2-4-9)7-11(15)13(16)14(10)17-8;/h5-7,9H,2-4H2,1H3;1H. The van der Waals surface area contributed by atoms with Crippen LogP contribution in [0.4, 0.5) is 8.78 Å². The summed E-state index contributed by atoms with van der Waals surface area (Å²) in [4.78, 5) is 4.05. The van der Waals surface area contributed by atoms with Crippen molar-refractivity contribution >= 4 is 23.3 Å². The third kappa shape index (κ3) is 2.50. The van der Waals surface area contributed by atoms with E-state index in [9.17, 15) is 8.78 Å². The first kappa shape index (κ1) is 14.0. The van der Waals surface area contributed by atoms with Gasteiger partial charge in [-0.15, -0.1) is 12.4 Å². The topological polar surface area (TPSA) is 22.1 Å². The fraction of sp³-hybridized carbons (Fsp3) is 0.357. The molecule has 3 rings (SSSR count). The summed E-state index contributed by atoms with van der Waals surface area (Å²) in [5, 5.41) is 0.534. The van der Waals surface area contributed by atoms with Crippen molar-refractivity contribution < 1.29 is 13.5 Å². The third-order valence-electron chi connectivity index (χ3n) is 3.32. The minimum atomic E-state index is -0.908. The van der Waals surface area contributed by atoms with Gasteiger partial charge in [-0.25, -0.2) is 13.8 Å². The van der Waals surface area contributed by atoms with Crippen molar-refractivity contribution in [3.05, 3.63) is 35.5 Å². The Balaban J connectivity index is 0.00000133. The normalized spacial score (nSPS) is 14.9. The largest absolute Gasteiger partial charge is 0.490 e. The first-order chi connectivity index (χ1) is 8.65. The molecule has 19 heavy (non-hydrogen) atoms. The van der Waals surface area contributed by atoms with Crippen LogP contribution < -0.4 is 4.74 Å². The Bertz CT molecular complexity index is 614. The molecule has 1 aliphatic rings. The van der Waals surface area contributed by atoms with Crippen LogP contribution in [0, 0.1) is 18.6 Å². The Hall–Kier alpha value is -1.42. The molecular weight excluding hydrogens is 272 g/mol. The molecule has 0 unspecified atom stereocenters. The molecule has 0 amide bonds. The lowest BCUT2D eigenvalue weighted by molar-refractivity contribution is 0.121. The lowest BCUT2D eigenvalue weighted by atomic mass is 9.96. The van der Waals surface area contributed by atoms with Gasteiger partial charge >= 0.3 is 0 Å². The molecule has 0 aliphatic heterocycles. The highest BCUT2D eigenvalue weighted by molar-refractivity contribution is 5.86. The Morgan fingerprint density at radius 3 is 2.63 bits per heavy atom. The average Bonchev–Trinajstić information content (AvgIpc) is 2.29. The van der Waals surface area contributed by atoms with E-state index in [1.165, 1.54) is 0 Å². The van der Waals surface area contributed by atoms with E-state index >= 15 is 0 Å². The molecule has 1 aromatic heterocycles. The highest BCUT2D eigenvalue weighted by Gasteiger charge is 2.22. The lowest BCUT2D eigenvalue weighted by Crippen LogP contribution is -2.24. The van der Waals surface area contributed by atoms with Crippen molar-refractivity contribution in [3.8, 4) is 5.75 Å². The van der Waals surface area contributed by atoms with E-state index in [0.29, 0.717) is 16.8 Å². The van der Waals surface area contributed by atoms with Gasteiger partial charge in [-0.1, -0.05) is 0 Å². The summed E-state index contributed by atoms with van der Waals surface area (Å²) in [5.41, 5.74) is 0.700. The van der Waals surface area contributed by atoms with Gasteiger partial charge in [0.1, 0.15) is 11.3 Å². The molecule has 102 valence electrons. The van der Waals surface area contributed by atoms with Gasteiger partial charge in [0.15, 0.2) is 11.6 Å². The second-order valence-corrected chi connectivity index (χ2v) is 4.69. The maximum absolute atomic E-state index is 13.7. The number of rotatable bonds is 2. The molecule has 1 aliphatic carbocycles. The van der Waals surface area contributed by atoms with Gasteiger partial charge in [-0.05, 0) is 38.3 Å². The minimum absolute atomic E-state index is 0. The number of aryl methyl sites for hydroxylation is 1. The summed E-state index contributed by atoms with van der Waals surface area (Å²) >= 11 is 0. The van der Waals surface area contributed by atoms with Crippen LogP contribution in [0.1, 0.15) is 25.0 Å². The molecule has 1 heterocycles. The van der Waals surface area contributed by atoms with Crippen LogP contribution >= 0.6 is 12.4 Å². The van der Waals surface area contributed by atoms with Crippen LogP contribution in [0.5, 0.6) is 5.75 Å². The molecule has 2 nitrogen and oxygen atoms in total. The molecular formula is C14H14ClF2NO. The molecule has 1 aromatic carbocycles. The maximum Gasteiger partial charge on any atom is 0.185 e. The van der Waals surface area contributed by atoms with Crippen molar-refractivity contribution in [3.63, 3.8) is 0 Å². The highest BCUT2D eigenvalue weighted by Crippen LogP contribution is 2.33. The Kier molecular flexibility index (Phi) is 3.90. The van der Waals surface area contributed by atoms with Crippen molar-refractivity contribution in [1.82, 2.24) is 4.98 Å². The molecule has 0 saturated heterocycles. The maximum atomic E-state index is 13.7. The lowest BCUT2D eigenvalue weighted by Gasteiger charge is -2.27. The van der Waals surface area contributed by atoms with Crippen molar-refractivity contribution in [2.24, 2.45) is 0 Å². The molecule has 0 spiro atoms. The summed E-state index contributed by atoms with van der Waals surface area (Å²) in [6.45, 7) is 1.75. The first-order valence-corrected chi connectivity index (χ1v) is 6.07. The monoisotopic (exact) mass is 285 g/mol. The number of hydrogen-bond donors (Lipinski definition) is 0. The summed E-state index contributed by atoms with van der Waals surface area (Å²) in [5.74, 6) is -1.43. The number of hydrogen-bond acceptors (Lipinski definition) is 2. The number of ether oxygens (including phenoxy) is 1. The number of pyridine rings is 1. The first-order valence-electron chi connectivity index (χ1n) is 6.07. The Morgan fingerprint density at radius 2 is 2.00 bits per heavy atom. The molecule has 0 N–H and O–H groups in total. The Labute approximate surface area is 116 Å². The SMILES string of the molecule is Cc1ccc2c(OC3CCC3)cc(F)c(F)c2n1.Cl. The second kappa shape index (κ2) is 5.29. The second-order valence-electron chi connectivity index (χ2n) is 4.69. The molecule has 1 saturated carbocycles. The molecule has 0 atom stereocenters. The van der Waals surface area contributed by atoms with E-state index in [4.69, 9.17) is 4.74 Å².